The van der Waals surface area contributed by atoms with Crippen molar-refractivity contribution in [3.05, 3.63) is 69.2 Å². The van der Waals surface area contributed by atoms with E-state index in [2.05, 4.69) is 15.9 Å². The fourth-order valence-electron chi connectivity index (χ4n) is 1.79. The van der Waals surface area contributed by atoms with Crippen molar-refractivity contribution in [3.63, 3.8) is 0 Å². The van der Waals surface area contributed by atoms with Gasteiger partial charge in [0, 0.05) is 26.5 Å². The van der Waals surface area contributed by atoms with Crippen LogP contribution in [0.15, 0.2) is 36.4 Å². The molecule has 0 aliphatic carbocycles. The minimum Gasteiger partial charge on any atom is -0.207 e. The number of halogens is 5. The fourth-order valence-corrected chi connectivity index (χ4v) is 3.56. The van der Waals surface area contributed by atoms with Gasteiger partial charge >= 0.3 is 0 Å². The molecule has 2 aromatic rings. The molecule has 0 amide bonds. The highest BCUT2D eigenvalue weighted by Gasteiger charge is 2.17. The van der Waals surface area contributed by atoms with E-state index in [9.17, 15) is 8.78 Å². The molecule has 0 aliphatic rings. The van der Waals surface area contributed by atoms with E-state index < -0.39 is 11.6 Å². The monoisotopic (exact) mass is 364 g/mol. The molecule has 1 unspecified atom stereocenters. The van der Waals surface area contributed by atoms with Gasteiger partial charge in [0.05, 0.1) is 0 Å². The molecule has 0 radical (unpaired) electrons. The maximum absolute atomic E-state index is 13.6. The van der Waals surface area contributed by atoms with Crippen molar-refractivity contribution in [1.29, 1.82) is 0 Å². The normalized spacial score (nSPS) is 12.5. The summed E-state index contributed by atoms with van der Waals surface area (Å²) in [4.78, 5) is -0.242. The number of benzene rings is 2. The number of hydrogen-bond acceptors (Lipinski definition) is 0. The van der Waals surface area contributed by atoms with Crippen molar-refractivity contribution in [1.82, 2.24) is 0 Å². The van der Waals surface area contributed by atoms with Gasteiger partial charge in [0.15, 0.2) is 0 Å². The fraction of sp³-hybridized carbons (Fsp3) is 0.143. The maximum Gasteiger partial charge on any atom is 0.129 e. The summed E-state index contributed by atoms with van der Waals surface area (Å²) in [6.45, 7) is 0. The van der Waals surface area contributed by atoms with Crippen LogP contribution in [0.5, 0.6) is 0 Å². The number of alkyl halides is 1. The van der Waals surface area contributed by atoms with Gasteiger partial charge < -0.3 is 0 Å². The molecule has 0 saturated carbocycles. The smallest absolute Gasteiger partial charge is 0.129 e. The van der Waals surface area contributed by atoms with Crippen LogP contribution in [0.2, 0.25) is 10.0 Å². The van der Waals surface area contributed by atoms with Crippen LogP contribution in [0.4, 0.5) is 8.78 Å². The van der Waals surface area contributed by atoms with Crippen LogP contribution in [0.25, 0.3) is 0 Å². The second-order valence-electron chi connectivity index (χ2n) is 4.04. The zero-order chi connectivity index (χ0) is 14.0. The van der Waals surface area contributed by atoms with E-state index in [0.717, 1.165) is 6.07 Å². The molecule has 2 rings (SSSR count). The van der Waals surface area contributed by atoms with Gasteiger partial charge in [-0.25, -0.2) is 8.78 Å². The first-order valence-electron chi connectivity index (χ1n) is 5.51. The maximum atomic E-state index is 13.6. The van der Waals surface area contributed by atoms with Crippen molar-refractivity contribution in [2.75, 3.05) is 0 Å². The first kappa shape index (κ1) is 14.8. The lowest BCUT2D eigenvalue weighted by molar-refractivity contribution is 0.571. The molecule has 0 aromatic heterocycles. The summed E-state index contributed by atoms with van der Waals surface area (Å²) >= 11 is 15.6. The highest BCUT2D eigenvalue weighted by atomic mass is 79.9. The van der Waals surface area contributed by atoms with Crippen molar-refractivity contribution in [3.8, 4) is 0 Å². The van der Waals surface area contributed by atoms with E-state index in [4.69, 9.17) is 23.2 Å². The molecule has 0 N–H and O–H groups in total. The molecule has 100 valence electrons. The van der Waals surface area contributed by atoms with Crippen LogP contribution in [-0.2, 0) is 6.42 Å². The lowest BCUT2D eigenvalue weighted by Gasteiger charge is -2.14. The van der Waals surface area contributed by atoms with E-state index in [1.807, 2.05) is 0 Å². The quantitative estimate of drug-likeness (QED) is 0.589. The number of rotatable bonds is 3. The Morgan fingerprint density at radius 3 is 2.26 bits per heavy atom. The molecule has 2 aromatic carbocycles. The molecule has 0 bridgehead atoms. The predicted octanol–water partition coefficient (Wildman–Crippen LogP) is 5.95. The van der Waals surface area contributed by atoms with E-state index in [0.29, 0.717) is 27.6 Å². The van der Waals surface area contributed by atoms with Crippen LogP contribution in [-0.4, -0.2) is 0 Å². The summed E-state index contributed by atoms with van der Waals surface area (Å²) in [7, 11) is 0. The third-order valence-electron chi connectivity index (χ3n) is 2.73. The molecule has 0 heterocycles. The molecular formula is C14H9BrCl2F2. The standard InChI is InChI=1S/C14H9BrCl2F2/c15-10(14-11(16)2-1-3-12(14)17)6-8-4-5-9(18)7-13(8)19/h1-5,7,10H,6H2. The first-order chi connectivity index (χ1) is 8.99. The average Bonchev–Trinajstić information content (AvgIpc) is 2.32. The van der Waals surface area contributed by atoms with Gasteiger partial charge in [0.25, 0.3) is 0 Å². The summed E-state index contributed by atoms with van der Waals surface area (Å²) in [6, 6.07) is 8.70. The molecule has 5 heteroatoms. The minimum atomic E-state index is -0.594. The van der Waals surface area contributed by atoms with Gasteiger partial charge in [0.2, 0.25) is 0 Å². The second-order valence-corrected chi connectivity index (χ2v) is 5.96. The Labute approximate surface area is 128 Å². The Bertz CT molecular complexity index is 582. The highest BCUT2D eigenvalue weighted by molar-refractivity contribution is 9.09. The molecule has 0 spiro atoms. The predicted molar refractivity (Wildman–Crippen MR) is 78.2 cm³/mol. The molecule has 0 saturated heterocycles. The van der Waals surface area contributed by atoms with Gasteiger partial charge in [-0.2, -0.15) is 0 Å². The summed E-state index contributed by atoms with van der Waals surface area (Å²) < 4.78 is 26.4. The topological polar surface area (TPSA) is 0 Å². The van der Waals surface area contributed by atoms with Crippen LogP contribution >= 0.6 is 39.1 Å². The van der Waals surface area contributed by atoms with Gasteiger partial charge in [-0.1, -0.05) is 51.3 Å². The van der Waals surface area contributed by atoms with Gasteiger partial charge in [-0.3, -0.25) is 0 Å². The third kappa shape index (κ3) is 3.47. The summed E-state index contributed by atoms with van der Waals surface area (Å²) in [5.74, 6) is -1.17. The van der Waals surface area contributed by atoms with Crippen LogP contribution in [0, 0.1) is 11.6 Å². The number of hydrogen-bond donors (Lipinski definition) is 0. The summed E-state index contributed by atoms with van der Waals surface area (Å²) in [5, 5.41) is 1.02. The van der Waals surface area contributed by atoms with Crippen molar-refractivity contribution >= 4 is 39.1 Å². The SMILES string of the molecule is Fc1ccc(CC(Br)c2c(Cl)cccc2Cl)c(F)c1. The van der Waals surface area contributed by atoms with Gasteiger partial charge in [-0.05, 0) is 30.2 Å². The lowest BCUT2D eigenvalue weighted by atomic mass is 10.0. The zero-order valence-corrected chi connectivity index (χ0v) is 12.7. The minimum absolute atomic E-state index is 0.242. The second kappa shape index (κ2) is 6.21. The van der Waals surface area contributed by atoms with E-state index in [1.165, 1.54) is 12.1 Å². The molecule has 0 aliphatic heterocycles. The molecule has 0 nitrogen and oxygen atoms in total. The summed E-state index contributed by atoms with van der Waals surface area (Å²) in [5.41, 5.74) is 1.11. The largest absolute Gasteiger partial charge is 0.207 e. The van der Waals surface area contributed by atoms with Crippen molar-refractivity contribution in [2.24, 2.45) is 0 Å². The zero-order valence-electron chi connectivity index (χ0n) is 9.64. The Morgan fingerprint density at radius 1 is 1.05 bits per heavy atom. The molecule has 19 heavy (non-hydrogen) atoms. The van der Waals surface area contributed by atoms with Crippen molar-refractivity contribution < 1.29 is 8.78 Å². The lowest BCUT2D eigenvalue weighted by Crippen LogP contribution is -2.00. The van der Waals surface area contributed by atoms with Crippen molar-refractivity contribution in [2.45, 2.75) is 11.2 Å². The molecule has 0 fully saturated rings. The van der Waals surface area contributed by atoms with E-state index in [1.54, 1.807) is 18.2 Å². The van der Waals surface area contributed by atoms with Crippen LogP contribution in [0.1, 0.15) is 16.0 Å². The van der Waals surface area contributed by atoms with Crippen LogP contribution < -0.4 is 0 Å². The first-order valence-corrected chi connectivity index (χ1v) is 7.18. The molecular weight excluding hydrogens is 357 g/mol. The van der Waals surface area contributed by atoms with Gasteiger partial charge in [0.1, 0.15) is 11.6 Å². The average molecular weight is 366 g/mol. The van der Waals surface area contributed by atoms with E-state index in [-0.39, 0.29) is 4.83 Å². The third-order valence-corrected chi connectivity index (χ3v) is 4.17. The van der Waals surface area contributed by atoms with E-state index >= 15 is 0 Å². The summed E-state index contributed by atoms with van der Waals surface area (Å²) in [6.07, 6.45) is 0.329. The Morgan fingerprint density at radius 2 is 1.68 bits per heavy atom. The molecule has 1 atom stereocenters. The van der Waals surface area contributed by atoms with Gasteiger partial charge in [-0.15, -0.1) is 0 Å². The van der Waals surface area contributed by atoms with Crippen LogP contribution in [0.3, 0.4) is 0 Å². The Hall–Kier alpha value is -0.640. The highest BCUT2D eigenvalue weighted by Crippen LogP contribution is 2.37. The Balaban J connectivity index is 2.28. The Kier molecular flexibility index (Phi) is 4.82.